The Morgan fingerprint density at radius 3 is 2.88 bits per heavy atom. The zero-order chi connectivity index (χ0) is 17.6. The van der Waals surface area contributed by atoms with E-state index >= 15 is 0 Å². The van der Waals surface area contributed by atoms with Crippen molar-refractivity contribution in [2.75, 3.05) is 13.1 Å². The Bertz CT molecular complexity index is 954. The van der Waals surface area contributed by atoms with Crippen molar-refractivity contribution in [2.45, 2.75) is 19.4 Å². The highest BCUT2D eigenvalue weighted by Crippen LogP contribution is 2.56. The average molecular weight is 346 g/mol. The van der Waals surface area contributed by atoms with Gasteiger partial charge in [0.1, 0.15) is 6.33 Å². The standard InChI is InChI=1S/C21H22N4O/c26-20(17-11-21(17)9-10-22-13-21)23-12-15-5-7-16(8-6-15)25-14-24-18-3-1-2-4-19(18)25/h1-8,14,17,22H,9-13H2,(H,23,26). The quantitative estimate of drug-likeness (QED) is 0.763. The fourth-order valence-corrected chi connectivity index (χ4v) is 4.20. The number of aromatic nitrogens is 2. The molecule has 26 heavy (non-hydrogen) atoms. The fraction of sp³-hybridized carbons (Fsp3) is 0.333. The molecule has 0 radical (unpaired) electrons. The van der Waals surface area contributed by atoms with Gasteiger partial charge in [-0.15, -0.1) is 0 Å². The van der Waals surface area contributed by atoms with E-state index in [1.54, 1.807) is 0 Å². The first-order valence-electron chi connectivity index (χ1n) is 9.25. The van der Waals surface area contributed by atoms with Crippen molar-refractivity contribution in [3.8, 4) is 5.69 Å². The maximum absolute atomic E-state index is 12.4. The molecular formula is C21H22N4O. The van der Waals surface area contributed by atoms with Crippen LogP contribution >= 0.6 is 0 Å². The Balaban J connectivity index is 1.25. The maximum atomic E-state index is 12.4. The van der Waals surface area contributed by atoms with Crippen LogP contribution in [0.3, 0.4) is 0 Å². The van der Waals surface area contributed by atoms with Crippen LogP contribution in [0.4, 0.5) is 0 Å². The van der Waals surface area contributed by atoms with E-state index in [0.717, 1.165) is 48.2 Å². The molecule has 5 nitrogen and oxygen atoms in total. The molecule has 5 heteroatoms. The summed E-state index contributed by atoms with van der Waals surface area (Å²) in [6.07, 6.45) is 4.03. The number of para-hydroxylation sites is 2. The lowest BCUT2D eigenvalue weighted by molar-refractivity contribution is -0.123. The molecular weight excluding hydrogens is 324 g/mol. The van der Waals surface area contributed by atoms with Crippen molar-refractivity contribution in [3.05, 3.63) is 60.4 Å². The molecule has 0 bridgehead atoms. The molecule has 2 aromatic carbocycles. The van der Waals surface area contributed by atoms with Gasteiger partial charge in [0.15, 0.2) is 0 Å². The van der Waals surface area contributed by atoms with Gasteiger partial charge in [0.05, 0.1) is 11.0 Å². The molecule has 1 aliphatic heterocycles. The minimum atomic E-state index is 0.203. The summed E-state index contributed by atoms with van der Waals surface area (Å²) in [5.41, 5.74) is 4.54. The number of amides is 1. The third-order valence-electron chi connectivity index (χ3n) is 5.92. The first kappa shape index (κ1) is 15.6. The summed E-state index contributed by atoms with van der Waals surface area (Å²) in [6.45, 7) is 2.64. The Kier molecular flexibility index (Phi) is 3.57. The van der Waals surface area contributed by atoms with Crippen LogP contribution in [0.1, 0.15) is 18.4 Å². The predicted molar refractivity (Wildman–Crippen MR) is 101 cm³/mol. The van der Waals surface area contributed by atoms with E-state index in [-0.39, 0.29) is 17.2 Å². The van der Waals surface area contributed by atoms with Gasteiger partial charge in [0.25, 0.3) is 0 Å². The number of carbonyl (C=O) groups excluding carboxylic acids is 1. The highest BCUT2D eigenvalue weighted by molar-refractivity contribution is 5.82. The van der Waals surface area contributed by atoms with Crippen molar-refractivity contribution >= 4 is 16.9 Å². The number of hydrogen-bond donors (Lipinski definition) is 2. The Hall–Kier alpha value is -2.66. The predicted octanol–water partition coefficient (Wildman–Crippen LogP) is 2.64. The third-order valence-corrected chi connectivity index (χ3v) is 5.92. The maximum Gasteiger partial charge on any atom is 0.224 e. The van der Waals surface area contributed by atoms with Gasteiger partial charge in [-0.2, -0.15) is 0 Å². The van der Waals surface area contributed by atoms with Crippen LogP contribution in [0.25, 0.3) is 16.7 Å². The first-order valence-corrected chi connectivity index (χ1v) is 9.25. The van der Waals surface area contributed by atoms with E-state index in [1.165, 1.54) is 0 Å². The van der Waals surface area contributed by atoms with Crippen molar-refractivity contribution in [2.24, 2.45) is 11.3 Å². The van der Waals surface area contributed by atoms with E-state index in [9.17, 15) is 4.79 Å². The molecule has 1 saturated carbocycles. The van der Waals surface area contributed by atoms with Gasteiger partial charge in [0.2, 0.25) is 5.91 Å². The van der Waals surface area contributed by atoms with E-state index in [2.05, 4.69) is 50.5 Å². The summed E-state index contributed by atoms with van der Waals surface area (Å²) in [6, 6.07) is 16.4. The van der Waals surface area contributed by atoms with Gasteiger partial charge >= 0.3 is 0 Å². The number of nitrogens with one attached hydrogen (secondary N) is 2. The van der Waals surface area contributed by atoms with E-state index < -0.39 is 0 Å². The Morgan fingerprint density at radius 2 is 2.08 bits per heavy atom. The molecule has 1 spiro atoms. The molecule has 2 fully saturated rings. The molecule has 132 valence electrons. The van der Waals surface area contributed by atoms with E-state index in [1.807, 2.05) is 24.5 Å². The van der Waals surface area contributed by atoms with Crippen molar-refractivity contribution in [1.29, 1.82) is 0 Å². The van der Waals surface area contributed by atoms with Crippen molar-refractivity contribution < 1.29 is 4.79 Å². The van der Waals surface area contributed by atoms with Gasteiger partial charge in [-0.25, -0.2) is 4.98 Å². The highest BCUT2D eigenvalue weighted by atomic mass is 16.2. The third kappa shape index (κ3) is 2.59. The van der Waals surface area contributed by atoms with Crippen LogP contribution in [-0.2, 0) is 11.3 Å². The summed E-state index contributed by atoms with van der Waals surface area (Å²) in [5.74, 6) is 0.410. The number of rotatable bonds is 4. The minimum absolute atomic E-state index is 0.203. The Labute approximate surface area is 152 Å². The monoisotopic (exact) mass is 346 g/mol. The van der Waals surface area contributed by atoms with Gasteiger partial charge < -0.3 is 10.6 Å². The SMILES string of the molecule is O=C(NCc1ccc(-n2cnc3ccccc32)cc1)C1CC12CCNC2. The largest absolute Gasteiger partial charge is 0.352 e. The van der Waals surface area contributed by atoms with Gasteiger partial charge in [-0.1, -0.05) is 24.3 Å². The second-order valence-electron chi connectivity index (χ2n) is 7.53. The Morgan fingerprint density at radius 1 is 1.23 bits per heavy atom. The molecule has 1 aliphatic carbocycles. The van der Waals surface area contributed by atoms with Gasteiger partial charge in [-0.3, -0.25) is 9.36 Å². The average Bonchev–Trinajstić information content (AvgIpc) is 3.00. The number of hydrogen-bond acceptors (Lipinski definition) is 3. The van der Waals surface area contributed by atoms with Gasteiger partial charge in [0, 0.05) is 24.7 Å². The molecule has 1 saturated heterocycles. The van der Waals surface area contributed by atoms with Crippen LogP contribution in [0, 0.1) is 11.3 Å². The molecule has 2 atom stereocenters. The molecule has 1 aromatic heterocycles. The topological polar surface area (TPSA) is 59.0 Å². The molecule has 1 amide bonds. The summed E-state index contributed by atoms with van der Waals surface area (Å²) < 4.78 is 2.08. The van der Waals surface area contributed by atoms with Crippen LogP contribution in [0.5, 0.6) is 0 Å². The zero-order valence-electron chi connectivity index (χ0n) is 14.6. The molecule has 2 heterocycles. The summed E-state index contributed by atoms with van der Waals surface area (Å²) in [7, 11) is 0. The summed E-state index contributed by atoms with van der Waals surface area (Å²) in [4.78, 5) is 16.8. The van der Waals surface area contributed by atoms with Crippen LogP contribution in [0.15, 0.2) is 54.9 Å². The second kappa shape index (κ2) is 5.95. The fourth-order valence-electron chi connectivity index (χ4n) is 4.20. The van der Waals surface area contributed by atoms with Crippen molar-refractivity contribution in [1.82, 2.24) is 20.2 Å². The van der Waals surface area contributed by atoms with Crippen LogP contribution in [-0.4, -0.2) is 28.5 Å². The molecule has 3 aromatic rings. The number of imidazole rings is 1. The number of carbonyl (C=O) groups is 1. The number of nitrogens with zero attached hydrogens (tertiary/aromatic N) is 2. The molecule has 2 unspecified atom stereocenters. The lowest BCUT2D eigenvalue weighted by Gasteiger charge is -2.10. The first-order chi connectivity index (χ1) is 12.8. The van der Waals surface area contributed by atoms with Crippen LogP contribution < -0.4 is 10.6 Å². The normalized spacial score (nSPS) is 24.2. The molecule has 5 rings (SSSR count). The van der Waals surface area contributed by atoms with E-state index in [4.69, 9.17) is 0 Å². The van der Waals surface area contributed by atoms with Crippen molar-refractivity contribution in [3.63, 3.8) is 0 Å². The van der Waals surface area contributed by atoms with E-state index in [0.29, 0.717) is 6.54 Å². The minimum Gasteiger partial charge on any atom is -0.352 e. The lowest BCUT2D eigenvalue weighted by atomic mass is 10.0. The number of benzene rings is 2. The summed E-state index contributed by atoms with van der Waals surface area (Å²) in [5, 5.41) is 6.49. The molecule has 2 N–H and O–H groups in total. The zero-order valence-corrected chi connectivity index (χ0v) is 14.6. The lowest BCUT2D eigenvalue weighted by Crippen LogP contribution is -2.27. The molecule has 2 aliphatic rings. The second-order valence-corrected chi connectivity index (χ2v) is 7.53. The summed E-state index contributed by atoms with van der Waals surface area (Å²) >= 11 is 0. The number of fused-ring (bicyclic) bond motifs is 1. The highest BCUT2D eigenvalue weighted by Gasteiger charge is 2.58. The smallest absolute Gasteiger partial charge is 0.224 e. The van der Waals surface area contributed by atoms with Gasteiger partial charge in [-0.05, 0) is 54.6 Å². The van der Waals surface area contributed by atoms with Crippen LogP contribution in [0.2, 0.25) is 0 Å².